The third-order valence-electron chi connectivity index (χ3n) is 3.64. The Labute approximate surface area is 121 Å². The van der Waals surface area contributed by atoms with Crippen LogP contribution in [0.5, 0.6) is 0 Å². The molecule has 2 aliphatic rings. The van der Waals surface area contributed by atoms with Crippen molar-refractivity contribution in [3.8, 4) is 0 Å². The standard InChI is InChI=1S/C14H17FN2O2S/c15-11-4-2-1-3-10(11)13-7-17(5-6-19-13)14(18)12-8-20-9-16-12/h1-4,12-13,16H,5-9H2/t12-,13-/m0/s1. The fourth-order valence-corrected chi connectivity index (χ4v) is 3.48. The van der Waals surface area contributed by atoms with Gasteiger partial charge < -0.3 is 9.64 Å². The van der Waals surface area contributed by atoms with Gasteiger partial charge in [-0.05, 0) is 6.07 Å². The Kier molecular flexibility index (Phi) is 4.24. The summed E-state index contributed by atoms with van der Waals surface area (Å²) in [5, 5.41) is 3.18. The van der Waals surface area contributed by atoms with E-state index in [0.29, 0.717) is 25.3 Å². The van der Waals surface area contributed by atoms with E-state index in [2.05, 4.69) is 5.32 Å². The lowest BCUT2D eigenvalue weighted by molar-refractivity contribution is -0.140. The molecule has 1 amide bonds. The van der Waals surface area contributed by atoms with Gasteiger partial charge in [0.15, 0.2) is 0 Å². The summed E-state index contributed by atoms with van der Waals surface area (Å²) in [6.45, 7) is 1.44. The number of halogens is 1. The zero-order valence-electron chi connectivity index (χ0n) is 11.0. The minimum Gasteiger partial charge on any atom is -0.370 e. The zero-order valence-corrected chi connectivity index (χ0v) is 11.9. The fraction of sp³-hybridized carbons (Fsp3) is 0.500. The Balaban J connectivity index is 1.70. The lowest BCUT2D eigenvalue weighted by atomic mass is 10.1. The molecular formula is C14H17FN2O2S. The van der Waals surface area contributed by atoms with Gasteiger partial charge in [-0.3, -0.25) is 10.1 Å². The van der Waals surface area contributed by atoms with Gasteiger partial charge in [0.25, 0.3) is 0 Å². The zero-order chi connectivity index (χ0) is 13.9. The van der Waals surface area contributed by atoms with E-state index in [1.807, 2.05) is 0 Å². The number of rotatable bonds is 2. The van der Waals surface area contributed by atoms with Crippen LogP contribution in [0.15, 0.2) is 24.3 Å². The largest absolute Gasteiger partial charge is 0.370 e. The third-order valence-corrected chi connectivity index (χ3v) is 4.58. The van der Waals surface area contributed by atoms with Gasteiger partial charge in [-0.2, -0.15) is 0 Å². The van der Waals surface area contributed by atoms with Crippen LogP contribution >= 0.6 is 11.8 Å². The number of morpholine rings is 1. The van der Waals surface area contributed by atoms with Gasteiger partial charge in [0, 0.05) is 23.7 Å². The van der Waals surface area contributed by atoms with Gasteiger partial charge in [0.05, 0.1) is 19.2 Å². The number of hydrogen-bond donors (Lipinski definition) is 1. The molecular weight excluding hydrogens is 279 g/mol. The second kappa shape index (κ2) is 6.11. The maximum atomic E-state index is 13.8. The molecule has 1 aromatic rings. The predicted molar refractivity (Wildman–Crippen MR) is 75.9 cm³/mol. The molecule has 6 heteroatoms. The second-order valence-electron chi connectivity index (χ2n) is 4.94. The van der Waals surface area contributed by atoms with Crippen LogP contribution in [-0.4, -0.2) is 48.2 Å². The van der Waals surface area contributed by atoms with Crippen molar-refractivity contribution in [3.05, 3.63) is 35.6 Å². The van der Waals surface area contributed by atoms with E-state index in [0.717, 1.165) is 11.6 Å². The Morgan fingerprint density at radius 2 is 2.30 bits per heavy atom. The lowest BCUT2D eigenvalue weighted by Crippen LogP contribution is -2.50. The molecule has 1 aromatic carbocycles. The highest BCUT2D eigenvalue weighted by molar-refractivity contribution is 7.99. The van der Waals surface area contributed by atoms with Crippen LogP contribution in [0.1, 0.15) is 11.7 Å². The molecule has 0 unspecified atom stereocenters. The van der Waals surface area contributed by atoms with Crippen molar-refractivity contribution in [2.45, 2.75) is 12.1 Å². The third kappa shape index (κ3) is 2.82. The molecule has 2 aliphatic heterocycles. The average Bonchev–Trinajstić information content (AvgIpc) is 3.01. The maximum Gasteiger partial charge on any atom is 0.240 e. The van der Waals surface area contributed by atoms with Crippen LogP contribution in [0, 0.1) is 5.82 Å². The number of thioether (sulfide) groups is 1. The van der Waals surface area contributed by atoms with Crippen LogP contribution in [0.3, 0.4) is 0 Å². The van der Waals surface area contributed by atoms with Gasteiger partial charge in [-0.1, -0.05) is 18.2 Å². The van der Waals surface area contributed by atoms with Crippen molar-refractivity contribution < 1.29 is 13.9 Å². The Hall–Kier alpha value is -1.11. The van der Waals surface area contributed by atoms with E-state index in [9.17, 15) is 9.18 Å². The summed E-state index contributed by atoms with van der Waals surface area (Å²) in [6, 6.07) is 6.48. The number of carbonyl (C=O) groups is 1. The summed E-state index contributed by atoms with van der Waals surface area (Å²) < 4.78 is 19.4. The summed E-state index contributed by atoms with van der Waals surface area (Å²) in [7, 11) is 0. The van der Waals surface area contributed by atoms with Crippen molar-refractivity contribution in [3.63, 3.8) is 0 Å². The smallest absolute Gasteiger partial charge is 0.240 e. The summed E-state index contributed by atoms with van der Waals surface area (Å²) in [4.78, 5) is 14.1. The van der Waals surface area contributed by atoms with E-state index in [-0.39, 0.29) is 23.9 Å². The number of ether oxygens (including phenoxy) is 1. The van der Waals surface area contributed by atoms with E-state index in [1.54, 1.807) is 34.9 Å². The van der Waals surface area contributed by atoms with Crippen LogP contribution in [0.2, 0.25) is 0 Å². The Morgan fingerprint density at radius 3 is 3.05 bits per heavy atom. The van der Waals surface area contributed by atoms with Crippen molar-refractivity contribution in [1.29, 1.82) is 0 Å². The SMILES string of the molecule is O=C([C@@H]1CSCN1)N1CCO[C@H](c2ccccc2F)C1. The molecule has 2 fully saturated rings. The number of benzene rings is 1. The number of nitrogens with zero attached hydrogens (tertiary/aromatic N) is 1. The summed E-state index contributed by atoms with van der Waals surface area (Å²) in [5.74, 6) is 1.44. The molecule has 0 bridgehead atoms. The fourth-order valence-electron chi connectivity index (χ4n) is 2.55. The maximum absolute atomic E-state index is 13.8. The first-order chi connectivity index (χ1) is 9.75. The van der Waals surface area contributed by atoms with Crippen molar-refractivity contribution in [2.24, 2.45) is 0 Å². The molecule has 0 aliphatic carbocycles. The van der Waals surface area contributed by atoms with Crippen molar-refractivity contribution in [1.82, 2.24) is 10.2 Å². The van der Waals surface area contributed by atoms with E-state index >= 15 is 0 Å². The topological polar surface area (TPSA) is 41.6 Å². The Bertz CT molecular complexity index is 494. The first-order valence-corrected chi connectivity index (χ1v) is 7.87. The van der Waals surface area contributed by atoms with Crippen LogP contribution in [0.4, 0.5) is 4.39 Å². The molecule has 2 heterocycles. The highest BCUT2D eigenvalue weighted by atomic mass is 32.2. The van der Waals surface area contributed by atoms with Crippen LogP contribution in [-0.2, 0) is 9.53 Å². The summed E-state index contributed by atoms with van der Waals surface area (Å²) >= 11 is 1.72. The highest BCUT2D eigenvalue weighted by Crippen LogP contribution is 2.25. The summed E-state index contributed by atoms with van der Waals surface area (Å²) in [5.41, 5.74) is 0.527. The number of hydrogen-bond acceptors (Lipinski definition) is 4. The van der Waals surface area contributed by atoms with Crippen molar-refractivity contribution in [2.75, 3.05) is 31.3 Å². The highest BCUT2D eigenvalue weighted by Gasteiger charge is 2.32. The quantitative estimate of drug-likeness (QED) is 0.895. The minimum absolute atomic E-state index is 0.0969. The molecule has 2 atom stereocenters. The van der Waals surface area contributed by atoms with Gasteiger partial charge in [0.2, 0.25) is 5.91 Å². The van der Waals surface area contributed by atoms with E-state index in [4.69, 9.17) is 4.74 Å². The van der Waals surface area contributed by atoms with E-state index in [1.165, 1.54) is 6.07 Å². The molecule has 0 aromatic heterocycles. The molecule has 1 N–H and O–H groups in total. The first-order valence-electron chi connectivity index (χ1n) is 6.71. The van der Waals surface area contributed by atoms with Crippen molar-refractivity contribution >= 4 is 17.7 Å². The molecule has 2 saturated heterocycles. The summed E-state index contributed by atoms with van der Waals surface area (Å²) in [6.07, 6.45) is -0.372. The molecule has 0 saturated carbocycles. The van der Waals surface area contributed by atoms with Crippen LogP contribution < -0.4 is 5.32 Å². The molecule has 0 spiro atoms. The molecule has 20 heavy (non-hydrogen) atoms. The molecule has 108 valence electrons. The second-order valence-corrected chi connectivity index (χ2v) is 5.97. The average molecular weight is 296 g/mol. The number of amides is 1. The predicted octanol–water partition coefficient (Wildman–Crippen LogP) is 1.39. The normalized spacial score (nSPS) is 26.8. The van der Waals surface area contributed by atoms with Gasteiger partial charge in [0.1, 0.15) is 11.9 Å². The Morgan fingerprint density at radius 1 is 1.45 bits per heavy atom. The minimum atomic E-state index is -0.372. The molecule has 3 rings (SSSR count). The first kappa shape index (κ1) is 13.9. The van der Waals surface area contributed by atoms with Gasteiger partial charge in [-0.15, -0.1) is 11.8 Å². The monoisotopic (exact) mass is 296 g/mol. The van der Waals surface area contributed by atoms with Gasteiger partial charge in [-0.25, -0.2) is 4.39 Å². The lowest BCUT2D eigenvalue weighted by Gasteiger charge is -2.34. The van der Waals surface area contributed by atoms with Gasteiger partial charge >= 0.3 is 0 Å². The van der Waals surface area contributed by atoms with Crippen LogP contribution in [0.25, 0.3) is 0 Å². The number of carbonyl (C=O) groups excluding carboxylic acids is 1. The number of nitrogens with one attached hydrogen (secondary N) is 1. The molecule has 0 radical (unpaired) electrons. The van der Waals surface area contributed by atoms with E-state index < -0.39 is 0 Å². The molecule has 4 nitrogen and oxygen atoms in total.